The highest BCUT2D eigenvalue weighted by Gasteiger charge is 2.20. The molecule has 1 unspecified atom stereocenters. The Labute approximate surface area is 132 Å². The van der Waals surface area contributed by atoms with Gasteiger partial charge in [-0.05, 0) is 47.7 Å². The molecule has 0 aromatic heterocycles. The number of fused-ring (bicyclic) bond motifs is 1. The van der Waals surface area contributed by atoms with E-state index in [0.717, 1.165) is 33.1 Å². The molecule has 2 aromatic carbocycles. The summed E-state index contributed by atoms with van der Waals surface area (Å²) in [6.45, 7) is 2.65. The van der Waals surface area contributed by atoms with Crippen LogP contribution in [-0.4, -0.2) is 17.6 Å². The molecule has 0 saturated carbocycles. The first kappa shape index (κ1) is 14.3. The van der Waals surface area contributed by atoms with Gasteiger partial charge in [0.2, 0.25) is 0 Å². The number of nitrogens with one attached hydrogen (secondary N) is 1. The predicted molar refractivity (Wildman–Crippen MR) is 85.4 cm³/mol. The topological polar surface area (TPSA) is 49.3 Å². The van der Waals surface area contributed by atoms with Crippen LogP contribution in [0.2, 0.25) is 0 Å². The number of halogens is 1. The third kappa shape index (κ3) is 2.61. The van der Waals surface area contributed by atoms with E-state index in [1.54, 1.807) is 6.07 Å². The Kier molecular flexibility index (Phi) is 3.83. The largest absolute Gasteiger partial charge is 0.384 e. The number of hydrogen-bond donors (Lipinski definition) is 2. The van der Waals surface area contributed by atoms with Crippen molar-refractivity contribution in [3.8, 4) is 0 Å². The smallest absolute Gasteiger partial charge is 0.251 e. The summed E-state index contributed by atoms with van der Waals surface area (Å²) in [5, 5.41) is 13.5. The van der Waals surface area contributed by atoms with Crippen LogP contribution < -0.4 is 5.32 Å². The molecule has 0 saturated heterocycles. The fraction of sp³-hybridized carbons (Fsp3) is 0.235. The number of benzene rings is 2. The van der Waals surface area contributed by atoms with Crippen LogP contribution in [0.15, 0.2) is 40.9 Å². The molecule has 1 atom stereocenters. The molecule has 0 fully saturated rings. The molecule has 1 aliphatic rings. The second-order valence-electron chi connectivity index (χ2n) is 5.28. The van der Waals surface area contributed by atoms with Crippen molar-refractivity contribution < 1.29 is 9.90 Å². The Bertz CT molecular complexity index is 712. The lowest BCUT2D eigenvalue weighted by Crippen LogP contribution is -2.31. The summed E-state index contributed by atoms with van der Waals surface area (Å²) in [6.07, 6.45) is 0.107. The average molecular weight is 346 g/mol. The first-order valence-electron chi connectivity index (χ1n) is 6.92. The summed E-state index contributed by atoms with van der Waals surface area (Å²) in [6, 6.07) is 11.4. The van der Waals surface area contributed by atoms with Crippen LogP contribution in [0, 0.1) is 6.92 Å². The van der Waals surface area contributed by atoms with E-state index in [0.29, 0.717) is 12.1 Å². The van der Waals surface area contributed by atoms with E-state index in [9.17, 15) is 9.90 Å². The Balaban J connectivity index is 2.02. The molecule has 0 bridgehead atoms. The van der Waals surface area contributed by atoms with Crippen LogP contribution in [0.1, 0.15) is 38.7 Å². The first-order valence-corrected chi connectivity index (χ1v) is 7.71. The van der Waals surface area contributed by atoms with Crippen molar-refractivity contribution in [2.45, 2.75) is 19.4 Å². The minimum absolute atomic E-state index is 0.0590. The molecule has 2 N–H and O–H groups in total. The van der Waals surface area contributed by atoms with Gasteiger partial charge in [0.15, 0.2) is 0 Å². The number of aliphatic hydroxyl groups excluding tert-OH is 1. The standard InChI is InChI=1S/C17H16BrNO2/c1-10-13(3-2-4-15(10)18)16(20)12-6-5-11-7-8-19-17(21)14(11)9-12/h2-6,9,16,20H,7-8H2,1H3,(H,19,21). The Morgan fingerprint density at radius 2 is 2.10 bits per heavy atom. The molecule has 108 valence electrons. The van der Waals surface area contributed by atoms with Crippen LogP contribution in [-0.2, 0) is 6.42 Å². The lowest BCUT2D eigenvalue weighted by Gasteiger charge is -2.20. The van der Waals surface area contributed by atoms with Crippen molar-refractivity contribution in [1.29, 1.82) is 0 Å². The summed E-state index contributed by atoms with van der Waals surface area (Å²) >= 11 is 3.48. The molecule has 0 aliphatic carbocycles. The van der Waals surface area contributed by atoms with Crippen molar-refractivity contribution in [2.75, 3.05) is 6.54 Å². The van der Waals surface area contributed by atoms with Crippen molar-refractivity contribution in [1.82, 2.24) is 5.32 Å². The summed E-state index contributed by atoms with van der Waals surface area (Å²) < 4.78 is 0.967. The zero-order chi connectivity index (χ0) is 15.0. The maximum absolute atomic E-state index is 11.9. The van der Waals surface area contributed by atoms with E-state index in [1.165, 1.54) is 0 Å². The van der Waals surface area contributed by atoms with E-state index in [4.69, 9.17) is 0 Å². The second kappa shape index (κ2) is 5.62. The highest BCUT2D eigenvalue weighted by molar-refractivity contribution is 9.10. The average Bonchev–Trinajstić information content (AvgIpc) is 2.49. The van der Waals surface area contributed by atoms with Gasteiger partial charge in [0, 0.05) is 16.6 Å². The molecule has 1 amide bonds. The number of amides is 1. The maximum Gasteiger partial charge on any atom is 0.251 e. The van der Waals surface area contributed by atoms with Crippen molar-refractivity contribution >= 4 is 21.8 Å². The molecular formula is C17H16BrNO2. The van der Waals surface area contributed by atoms with Gasteiger partial charge in [-0.15, -0.1) is 0 Å². The summed E-state index contributed by atoms with van der Waals surface area (Å²) in [4.78, 5) is 11.9. The Morgan fingerprint density at radius 3 is 2.90 bits per heavy atom. The SMILES string of the molecule is Cc1c(Br)cccc1C(O)c1ccc2c(c1)C(=O)NCC2. The maximum atomic E-state index is 11.9. The van der Waals surface area contributed by atoms with Crippen LogP contribution in [0.25, 0.3) is 0 Å². The molecule has 4 heteroatoms. The van der Waals surface area contributed by atoms with Gasteiger partial charge < -0.3 is 10.4 Å². The summed E-state index contributed by atoms with van der Waals surface area (Å²) in [5.41, 5.74) is 4.31. The highest BCUT2D eigenvalue weighted by Crippen LogP contribution is 2.30. The number of rotatable bonds is 2. The molecule has 1 heterocycles. The molecule has 3 rings (SSSR count). The summed E-state index contributed by atoms with van der Waals surface area (Å²) in [5.74, 6) is -0.0590. The predicted octanol–water partition coefficient (Wildman–Crippen LogP) is 3.13. The normalized spacial score (nSPS) is 15.3. The number of hydrogen-bond acceptors (Lipinski definition) is 2. The Morgan fingerprint density at radius 1 is 1.29 bits per heavy atom. The van der Waals surface area contributed by atoms with Crippen molar-refractivity contribution in [2.24, 2.45) is 0 Å². The monoisotopic (exact) mass is 345 g/mol. The minimum Gasteiger partial charge on any atom is -0.384 e. The third-order valence-corrected chi connectivity index (χ3v) is 4.84. The van der Waals surface area contributed by atoms with Gasteiger partial charge in [-0.3, -0.25) is 4.79 Å². The van der Waals surface area contributed by atoms with Crippen molar-refractivity contribution in [3.63, 3.8) is 0 Å². The highest BCUT2D eigenvalue weighted by atomic mass is 79.9. The summed E-state index contributed by atoms with van der Waals surface area (Å²) in [7, 11) is 0. The van der Waals surface area contributed by atoms with Gasteiger partial charge >= 0.3 is 0 Å². The van der Waals surface area contributed by atoms with Crippen LogP contribution in [0.5, 0.6) is 0 Å². The first-order chi connectivity index (χ1) is 10.1. The molecule has 1 aliphatic heterocycles. The van der Waals surface area contributed by atoms with Gasteiger partial charge in [-0.2, -0.15) is 0 Å². The molecule has 21 heavy (non-hydrogen) atoms. The molecular weight excluding hydrogens is 330 g/mol. The quantitative estimate of drug-likeness (QED) is 0.878. The van der Waals surface area contributed by atoms with Gasteiger partial charge in [0.1, 0.15) is 6.10 Å². The van der Waals surface area contributed by atoms with Gasteiger partial charge in [-0.1, -0.05) is 40.2 Å². The molecule has 0 spiro atoms. The third-order valence-electron chi connectivity index (χ3n) is 3.98. The molecule has 0 radical (unpaired) electrons. The fourth-order valence-electron chi connectivity index (χ4n) is 2.70. The zero-order valence-electron chi connectivity index (χ0n) is 11.7. The number of carbonyl (C=O) groups excluding carboxylic acids is 1. The van der Waals surface area contributed by atoms with Gasteiger partial charge in [0.05, 0.1) is 0 Å². The lowest BCUT2D eigenvalue weighted by molar-refractivity contribution is 0.0945. The van der Waals surface area contributed by atoms with Crippen LogP contribution in [0.4, 0.5) is 0 Å². The van der Waals surface area contributed by atoms with Gasteiger partial charge in [0.25, 0.3) is 5.91 Å². The van der Waals surface area contributed by atoms with E-state index < -0.39 is 6.10 Å². The van der Waals surface area contributed by atoms with E-state index in [2.05, 4.69) is 21.2 Å². The fourth-order valence-corrected chi connectivity index (χ4v) is 3.08. The number of carbonyl (C=O) groups is 1. The van der Waals surface area contributed by atoms with Crippen LogP contribution in [0.3, 0.4) is 0 Å². The van der Waals surface area contributed by atoms with Crippen molar-refractivity contribution in [3.05, 3.63) is 68.7 Å². The zero-order valence-corrected chi connectivity index (χ0v) is 13.3. The van der Waals surface area contributed by atoms with E-state index in [1.807, 2.05) is 37.3 Å². The molecule has 3 nitrogen and oxygen atoms in total. The lowest BCUT2D eigenvalue weighted by atomic mass is 9.92. The number of aliphatic hydroxyl groups is 1. The second-order valence-corrected chi connectivity index (χ2v) is 6.13. The van der Waals surface area contributed by atoms with E-state index >= 15 is 0 Å². The van der Waals surface area contributed by atoms with E-state index in [-0.39, 0.29) is 5.91 Å². The minimum atomic E-state index is -0.734. The Hall–Kier alpha value is -1.65. The van der Waals surface area contributed by atoms with Gasteiger partial charge in [-0.25, -0.2) is 0 Å². The van der Waals surface area contributed by atoms with Crippen LogP contribution >= 0.6 is 15.9 Å². The molecule has 2 aromatic rings.